The summed E-state index contributed by atoms with van der Waals surface area (Å²) in [6.07, 6.45) is 2.59. The number of hydrogen-bond donors (Lipinski definition) is 1. The second-order valence-electron chi connectivity index (χ2n) is 9.18. The Hall–Kier alpha value is -4.72. The summed E-state index contributed by atoms with van der Waals surface area (Å²) in [5.74, 6) is -0.0120. The predicted molar refractivity (Wildman–Crippen MR) is 141 cm³/mol. The van der Waals surface area contributed by atoms with Gasteiger partial charge in [0.05, 0.1) is 29.7 Å². The summed E-state index contributed by atoms with van der Waals surface area (Å²) < 4.78 is 32.3. The van der Waals surface area contributed by atoms with Crippen LogP contribution in [0.4, 0.5) is 19.3 Å². The third-order valence-corrected chi connectivity index (χ3v) is 6.81. The predicted octanol–water partition coefficient (Wildman–Crippen LogP) is 6.64. The maximum atomic E-state index is 14.5. The van der Waals surface area contributed by atoms with E-state index >= 15 is 0 Å². The smallest absolute Gasteiger partial charge is 0.308 e. The number of carbonyl (C=O) groups excluding carboxylic acids is 1. The highest BCUT2D eigenvalue weighted by atomic mass is 19.1. The number of nitrogens with one attached hydrogen (secondary N) is 1. The zero-order valence-electron chi connectivity index (χ0n) is 20.7. The average molecular weight is 510 g/mol. The standard InChI is InChI=1S/C30H25F2N5O/c1-2-26-25-19-36(30(38)33-23-12-7-11-22(32)18-23)28(20-9-6-10-21(31)17-20)27-15-8-16-35(27)29(25)37(34-26)24-13-4-3-5-14-24/h3-18,28H,2,19H2,1H3,(H,33,38). The first kappa shape index (κ1) is 23.7. The molecule has 1 N–H and O–H groups in total. The number of carbonyl (C=O) groups is 1. The fraction of sp³-hybridized carbons (Fsp3) is 0.133. The number of amides is 2. The number of para-hydroxylation sites is 1. The van der Waals surface area contributed by atoms with Crippen molar-refractivity contribution in [3.63, 3.8) is 0 Å². The van der Waals surface area contributed by atoms with Gasteiger partial charge in [0, 0.05) is 17.4 Å². The van der Waals surface area contributed by atoms with E-state index in [2.05, 4.69) is 5.32 Å². The molecule has 1 atom stereocenters. The van der Waals surface area contributed by atoms with E-state index in [-0.39, 0.29) is 6.54 Å². The molecule has 0 saturated carbocycles. The maximum absolute atomic E-state index is 14.5. The SMILES string of the molecule is CCc1nn(-c2ccccc2)c2c1CN(C(=O)Nc1cccc(F)c1)C(c1cccc(F)c1)c1cccn1-2. The fourth-order valence-corrected chi connectivity index (χ4v) is 5.14. The number of anilines is 1. The zero-order chi connectivity index (χ0) is 26.2. The number of benzene rings is 3. The van der Waals surface area contributed by atoms with Gasteiger partial charge < -0.3 is 14.8 Å². The van der Waals surface area contributed by atoms with Crippen molar-refractivity contribution in [1.82, 2.24) is 19.2 Å². The maximum Gasteiger partial charge on any atom is 0.322 e. The van der Waals surface area contributed by atoms with Crippen molar-refractivity contribution in [3.05, 3.63) is 131 Å². The van der Waals surface area contributed by atoms with E-state index in [0.29, 0.717) is 17.7 Å². The average Bonchev–Trinajstić information content (AvgIpc) is 3.50. The van der Waals surface area contributed by atoms with Gasteiger partial charge >= 0.3 is 6.03 Å². The second kappa shape index (κ2) is 9.63. The molecule has 5 aromatic rings. The van der Waals surface area contributed by atoms with Gasteiger partial charge in [-0.1, -0.05) is 43.3 Å². The molecule has 0 spiro atoms. The molecule has 6 nitrogen and oxygen atoms in total. The summed E-state index contributed by atoms with van der Waals surface area (Å²) in [5, 5.41) is 7.77. The lowest BCUT2D eigenvalue weighted by molar-refractivity contribution is 0.194. The van der Waals surface area contributed by atoms with E-state index in [1.54, 1.807) is 23.1 Å². The van der Waals surface area contributed by atoms with E-state index in [1.165, 1.54) is 24.3 Å². The van der Waals surface area contributed by atoms with Crippen LogP contribution in [0.2, 0.25) is 0 Å². The Morgan fingerprint density at radius 2 is 1.71 bits per heavy atom. The van der Waals surface area contributed by atoms with Crippen molar-refractivity contribution in [2.75, 3.05) is 5.32 Å². The van der Waals surface area contributed by atoms with Crippen LogP contribution >= 0.6 is 0 Å². The summed E-state index contributed by atoms with van der Waals surface area (Å²) in [5.41, 5.74) is 4.38. The van der Waals surface area contributed by atoms with Gasteiger partial charge in [0.1, 0.15) is 17.5 Å². The van der Waals surface area contributed by atoms with E-state index < -0.39 is 23.7 Å². The van der Waals surface area contributed by atoms with E-state index in [1.807, 2.05) is 70.9 Å². The van der Waals surface area contributed by atoms with Crippen LogP contribution in [0.3, 0.4) is 0 Å². The van der Waals surface area contributed by atoms with E-state index in [0.717, 1.165) is 28.5 Å². The number of halogens is 2. The minimum absolute atomic E-state index is 0.218. The third-order valence-electron chi connectivity index (χ3n) is 6.81. The van der Waals surface area contributed by atoms with Crippen LogP contribution in [0, 0.1) is 11.6 Å². The molecule has 2 amide bonds. The molecule has 1 aliphatic rings. The highest BCUT2D eigenvalue weighted by Gasteiger charge is 2.36. The van der Waals surface area contributed by atoms with Gasteiger partial charge in [-0.3, -0.25) is 0 Å². The van der Waals surface area contributed by atoms with E-state index in [4.69, 9.17) is 5.10 Å². The molecule has 1 aliphatic heterocycles. The summed E-state index contributed by atoms with van der Waals surface area (Å²) in [6, 6.07) is 24.7. The number of fused-ring (bicyclic) bond motifs is 3. The summed E-state index contributed by atoms with van der Waals surface area (Å²) in [6.45, 7) is 2.25. The molecule has 0 bridgehead atoms. The van der Waals surface area contributed by atoms with Crippen LogP contribution in [0.15, 0.2) is 97.2 Å². The highest BCUT2D eigenvalue weighted by Crippen LogP contribution is 2.39. The number of aryl methyl sites for hydroxylation is 1. The minimum Gasteiger partial charge on any atom is -0.308 e. The molecule has 2 aromatic heterocycles. The Balaban J connectivity index is 1.56. The number of rotatable bonds is 4. The van der Waals surface area contributed by atoms with Gasteiger partial charge in [0.15, 0.2) is 0 Å². The Bertz CT molecular complexity index is 1620. The van der Waals surface area contributed by atoms with Gasteiger partial charge in [0.2, 0.25) is 0 Å². The van der Waals surface area contributed by atoms with Crippen molar-refractivity contribution >= 4 is 11.7 Å². The molecule has 0 fully saturated rings. The first-order chi connectivity index (χ1) is 18.5. The van der Waals surface area contributed by atoms with Crippen LogP contribution in [0.5, 0.6) is 0 Å². The first-order valence-corrected chi connectivity index (χ1v) is 12.5. The van der Waals surface area contributed by atoms with Crippen LogP contribution in [0.1, 0.15) is 35.5 Å². The molecule has 6 rings (SSSR count). The molecular formula is C30H25F2N5O. The van der Waals surface area contributed by atoms with Crippen molar-refractivity contribution in [1.29, 1.82) is 0 Å². The highest BCUT2D eigenvalue weighted by molar-refractivity contribution is 5.90. The molecule has 190 valence electrons. The molecule has 0 saturated heterocycles. The van der Waals surface area contributed by atoms with Crippen molar-refractivity contribution in [2.24, 2.45) is 0 Å². The number of nitrogens with zero attached hydrogens (tertiary/aromatic N) is 4. The summed E-state index contributed by atoms with van der Waals surface area (Å²) >= 11 is 0. The van der Waals surface area contributed by atoms with Gasteiger partial charge in [-0.05, 0) is 66.6 Å². The lowest BCUT2D eigenvalue weighted by Gasteiger charge is -2.31. The fourth-order valence-electron chi connectivity index (χ4n) is 5.14. The second-order valence-corrected chi connectivity index (χ2v) is 9.18. The Labute approximate surface area is 218 Å². The Morgan fingerprint density at radius 1 is 0.947 bits per heavy atom. The van der Waals surface area contributed by atoms with Crippen LogP contribution in [-0.4, -0.2) is 25.3 Å². The third kappa shape index (κ3) is 4.14. The minimum atomic E-state index is -0.615. The largest absolute Gasteiger partial charge is 0.322 e. The van der Waals surface area contributed by atoms with Crippen molar-refractivity contribution in [2.45, 2.75) is 25.9 Å². The van der Waals surface area contributed by atoms with Gasteiger partial charge in [-0.15, -0.1) is 0 Å². The Kier molecular flexibility index (Phi) is 5.99. The number of hydrogen-bond acceptors (Lipinski definition) is 2. The molecule has 3 heterocycles. The van der Waals surface area contributed by atoms with Crippen LogP contribution < -0.4 is 5.32 Å². The summed E-state index contributed by atoms with van der Waals surface area (Å²) in [7, 11) is 0. The molecule has 0 aliphatic carbocycles. The topological polar surface area (TPSA) is 55.1 Å². The van der Waals surface area contributed by atoms with Gasteiger partial charge in [-0.25, -0.2) is 18.3 Å². The van der Waals surface area contributed by atoms with E-state index in [9.17, 15) is 13.6 Å². The molecule has 0 radical (unpaired) electrons. The quantitative estimate of drug-likeness (QED) is 0.295. The van der Waals surface area contributed by atoms with Crippen LogP contribution in [0.25, 0.3) is 11.5 Å². The monoisotopic (exact) mass is 509 g/mol. The summed E-state index contributed by atoms with van der Waals surface area (Å²) in [4.78, 5) is 15.5. The normalized spacial score (nSPS) is 14.5. The lowest BCUT2D eigenvalue weighted by Crippen LogP contribution is -2.38. The van der Waals surface area contributed by atoms with Crippen molar-refractivity contribution < 1.29 is 13.6 Å². The van der Waals surface area contributed by atoms with Gasteiger partial charge in [0.25, 0.3) is 0 Å². The van der Waals surface area contributed by atoms with Gasteiger partial charge in [-0.2, -0.15) is 5.10 Å². The van der Waals surface area contributed by atoms with Crippen molar-refractivity contribution in [3.8, 4) is 11.5 Å². The zero-order valence-corrected chi connectivity index (χ0v) is 20.7. The molecule has 8 heteroatoms. The lowest BCUT2D eigenvalue weighted by atomic mass is 10.0. The molecule has 1 unspecified atom stereocenters. The molecule has 38 heavy (non-hydrogen) atoms. The number of urea groups is 1. The number of aromatic nitrogens is 3. The molecular weight excluding hydrogens is 484 g/mol. The molecule has 3 aromatic carbocycles. The van der Waals surface area contributed by atoms with Crippen LogP contribution in [-0.2, 0) is 13.0 Å². The Morgan fingerprint density at radius 3 is 2.45 bits per heavy atom. The first-order valence-electron chi connectivity index (χ1n) is 12.5.